The van der Waals surface area contributed by atoms with Gasteiger partial charge in [0.1, 0.15) is 11.5 Å². The van der Waals surface area contributed by atoms with Crippen molar-refractivity contribution in [2.45, 2.75) is 18.4 Å². The quantitative estimate of drug-likeness (QED) is 0.667. The van der Waals surface area contributed by atoms with Crippen LogP contribution in [0.25, 0.3) is 0 Å². The monoisotopic (exact) mass is 297 g/mol. The van der Waals surface area contributed by atoms with Crippen LogP contribution in [0.15, 0.2) is 18.2 Å². The van der Waals surface area contributed by atoms with Crippen molar-refractivity contribution in [1.82, 2.24) is 4.90 Å². The lowest BCUT2D eigenvalue weighted by molar-refractivity contribution is -0.384. The number of halogens is 1. The van der Waals surface area contributed by atoms with E-state index in [4.69, 9.17) is 4.74 Å². The van der Waals surface area contributed by atoms with E-state index >= 15 is 0 Å². The van der Waals surface area contributed by atoms with Crippen LogP contribution in [0.1, 0.15) is 12.8 Å². The summed E-state index contributed by atoms with van der Waals surface area (Å²) in [7, 11) is 3.98. The summed E-state index contributed by atoms with van der Waals surface area (Å²) >= 11 is 0. The molecule has 116 valence electrons. The maximum atomic E-state index is 13.1. The Bertz CT molecular complexity index is 516. The zero-order chi connectivity index (χ0) is 15.5. The molecule has 1 saturated heterocycles. The van der Waals surface area contributed by atoms with Gasteiger partial charge in [-0.2, -0.15) is 0 Å². The molecule has 0 aromatic heterocycles. The van der Waals surface area contributed by atoms with Gasteiger partial charge in [-0.3, -0.25) is 10.1 Å². The Labute approximate surface area is 123 Å². The van der Waals surface area contributed by atoms with Crippen LogP contribution in [0, 0.1) is 15.9 Å². The summed E-state index contributed by atoms with van der Waals surface area (Å²) in [5.74, 6) is -0.611. The maximum Gasteiger partial charge on any atom is 0.295 e. The second-order valence-corrected chi connectivity index (χ2v) is 5.50. The minimum Gasteiger partial charge on any atom is -0.381 e. The number of anilines is 1. The third kappa shape index (κ3) is 3.48. The van der Waals surface area contributed by atoms with E-state index in [2.05, 4.69) is 10.2 Å². The van der Waals surface area contributed by atoms with Crippen molar-refractivity contribution in [1.29, 1.82) is 0 Å². The summed E-state index contributed by atoms with van der Waals surface area (Å²) in [6.45, 7) is 1.90. The molecular formula is C14H20FN3O3. The first kappa shape index (κ1) is 15.7. The predicted octanol–water partition coefficient (Wildman–Crippen LogP) is 2.26. The predicted molar refractivity (Wildman–Crippen MR) is 78.0 cm³/mol. The van der Waals surface area contributed by atoms with Crippen LogP contribution in [0.5, 0.6) is 0 Å². The second kappa shape index (κ2) is 6.36. The number of benzene rings is 1. The van der Waals surface area contributed by atoms with Gasteiger partial charge in [-0.25, -0.2) is 4.39 Å². The lowest BCUT2D eigenvalue weighted by Crippen LogP contribution is -2.53. The van der Waals surface area contributed by atoms with Gasteiger partial charge in [0.05, 0.1) is 11.0 Å². The highest BCUT2D eigenvalue weighted by molar-refractivity contribution is 5.61. The van der Waals surface area contributed by atoms with Gasteiger partial charge in [0.25, 0.3) is 5.69 Å². The number of likely N-dealkylation sites (N-methyl/N-ethyl adjacent to an activating group) is 1. The Morgan fingerprint density at radius 3 is 2.67 bits per heavy atom. The molecule has 0 spiro atoms. The topological polar surface area (TPSA) is 67.6 Å². The molecule has 0 amide bonds. The molecule has 0 unspecified atom stereocenters. The molecule has 1 fully saturated rings. The number of nitrogens with one attached hydrogen (secondary N) is 1. The lowest BCUT2D eigenvalue weighted by Gasteiger charge is -2.43. The Balaban J connectivity index is 2.16. The zero-order valence-electron chi connectivity index (χ0n) is 12.3. The number of hydrogen-bond acceptors (Lipinski definition) is 5. The first-order chi connectivity index (χ1) is 9.94. The van der Waals surface area contributed by atoms with Crippen molar-refractivity contribution < 1.29 is 14.1 Å². The number of ether oxygens (including phenoxy) is 1. The van der Waals surface area contributed by atoms with Gasteiger partial charge in [-0.15, -0.1) is 0 Å². The van der Waals surface area contributed by atoms with Gasteiger partial charge in [0.2, 0.25) is 0 Å². The summed E-state index contributed by atoms with van der Waals surface area (Å²) in [5, 5.41) is 14.1. The molecule has 1 aliphatic heterocycles. The fraction of sp³-hybridized carbons (Fsp3) is 0.571. The fourth-order valence-electron chi connectivity index (χ4n) is 2.60. The second-order valence-electron chi connectivity index (χ2n) is 5.50. The highest BCUT2D eigenvalue weighted by Crippen LogP contribution is 2.29. The molecule has 1 aliphatic rings. The van der Waals surface area contributed by atoms with E-state index in [9.17, 15) is 14.5 Å². The van der Waals surface area contributed by atoms with Crippen molar-refractivity contribution in [3.05, 3.63) is 34.1 Å². The van der Waals surface area contributed by atoms with Gasteiger partial charge < -0.3 is 15.0 Å². The Hall–Kier alpha value is -1.73. The van der Waals surface area contributed by atoms with Crippen LogP contribution in [-0.2, 0) is 4.74 Å². The normalized spacial score (nSPS) is 17.7. The molecule has 21 heavy (non-hydrogen) atoms. The Morgan fingerprint density at radius 2 is 2.10 bits per heavy atom. The van der Waals surface area contributed by atoms with Crippen molar-refractivity contribution in [2.75, 3.05) is 39.2 Å². The standard InChI is InChI=1S/C14H20FN3O3/c1-17(2)14(5-7-21-8-6-14)10-16-12-4-3-11(15)9-13(12)18(19)20/h3-4,9,16H,5-8,10H2,1-2H3. The van der Waals surface area contributed by atoms with Gasteiger partial charge in [0.15, 0.2) is 0 Å². The highest BCUT2D eigenvalue weighted by Gasteiger charge is 2.35. The fourth-order valence-corrected chi connectivity index (χ4v) is 2.60. The van der Waals surface area contributed by atoms with E-state index in [0.29, 0.717) is 25.4 Å². The van der Waals surface area contributed by atoms with Crippen molar-refractivity contribution >= 4 is 11.4 Å². The third-order valence-electron chi connectivity index (χ3n) is 4.14. The van der Waals surface area contributed by atoms with Crippen molar-refractivity contribution in [3.8, 4) is 0 Å². The number of nitrogens with zero attached hydrogens (tertiary/aromatic N) is 2. The van der Waals surface area contributed by atoms with E-state index < -0.39 is 10.7 Å². The molecule has 1 aromatic rings. The van der Waals surface area contributed by atoms with E-state index in [1.54, 1.807) is 0 Å². The van der Waals surface area contributed by atoms with E-state index in [1.807, 2.05) is 14.1 Å². The van der Waals surface area contributed by atoms with Crippen LogP contribution in [0.3, 0.4) is 0 Å². The Morgan fingerprint density at radius 1 is 1.43 bits per heavy atom. The van der Waals surface area contributed by atoms with Crippen molar-refractivity contribution in [2.24, 2.45) is 0 Å². The summed E-state index contributed by atoms with van der Waals surface area (Å²) in [5.41, 5.74) is -0.00868. The summed E-state index contributed by atoms with van der Waals surface area (Å²) in [4.78, 5) is 12.6. The van der Waals surface area contributed by atoms with Crippen LogP contribution in [0.2, 0.25) is 0 Å². The van der Waals surface area contributed by atoms with Crippen LogP contribution in [0.4, 0.5) is 15.8 Å². The smallest absolute Gasteiger partial charge is 0.295 e. The summed E-state index contributed by atoms with van der Waals surface area (Å²) in [6.07, 6.45) is 1.70. The molecular weight excluding hydrogens is 277 g/mol. The minimum absolute atomic E-state index is 0.111. The van der Waals surface area contributed by atoms with Gasteiger partial charge in [-0.1, -0.05) is 0 Å². The average Bonchev–Trinajstić information content (AvgIpc) is 2.46. The van der Waals surface area contributed by atoms with Gasteiger partial charge in [-0.05, 0) is 39.1 Å². The number of nitro groups is 1. The number of nitro benzene ring substituents is 1. The molecule has 0 saturated carbocycles. The number of hydrogen-bond donors (Lipinski definition) is 1. The van der Waals surface area contributed by atoms with Gasteiger partial charge in [0, 0.05) is 25.3 Å². The molecule has 7 heteroatoms. The van der Waals surface area contributed by atoms with Crippen LogP contribution < -0.4 is 5.32 Å². The first-order valence-electron chi connectivity index (χ1n) is 6.88. The molecule has 0 atom stereocenters. The molecule has 2 rings (SSSR count). The highest BCUT2D eigenvalue weighted by atomic mass is 19.1. The van der Waals surface area contributed by atoms with Crippen LogP contribution in [-0.4, -0.2) is 49.2 Å². The molecule has 1 N–H and O–H groups in total. The Kier molecular flexibility index (Phi) is 4.74. The summed E-state index contributed by atoms with van der Waals surface area (Å²) < 4.78 is 18.5. The van der Waals surface area contributed by atoms with Crippen LogP contribution >= 0.6 is 0 Å². The maximum absolute atomic E-state index is 13.1. The summed E-state index contributed by atoms with van der Waals surface area (Å²) in [6, 6.07) is 3.58. The van der Waals surface area contributed by atoms with E-state index in [0.717, 1.165) is 18.9 Å². The molecule has 0 bridgehead atoms. The average molecular weight is 297 g/mol. The molecule has 0 radical (unpaired) electrons. The third-order valence-corrected chi connectivity index (χ3v) is 4.14. The largest absolute Gasteiger partial charge is 0.381 e. The van der Waals surface area contributed by atoms with Gasteiger partial charge >= 0.3 is 0 Å². The minimum atomic E-state index is -0.611. The van der Waals surface area contributed by atoms with E-state index in [-0.39, 0.29) is 11.2 Å². The molecule has 6 nitrogen and oxygen atoms in total. The molecule has 1 aromatic carbocycles. The lowest BCUT2D eigenvalue weighted by atomic mass is 9.88. The number of rotatable bonds is 5. The van der Waals surface area contributed by atoms with Crippen molar-refractivity contribution in [3.63, 3.8) is 0 Å². The molecule has 0 aliphatic carbocycles. The first-order valence-corrected chi connectivity index (χ1v) is 6.88. The SMILES string of the molecule is CN(C)C1(CNc2ccc(F)cc2[N+](=O)[O-])CCOCC1. The van der Waals surface area contributed by atoms with E-state index in [1.165, 1.54) is 12.1 Å². The molecule has 1 heterocycles. The zero-order valence-corrected chi connectivity index (χ0v) is 12.3.